The maximum Gasteiger partial charge on any atom is 0.308 e. The molecule has 1 heterocycles. The van der Waals surface area contributed by atoms with Crippen molar-refractivity contribution in [3.05, 3.63) is 0 Å². The first-order chi connectivity index (χ1) is 9.15. The van der Waals surface area contributed by atoms with Crippen molar-refractivity contribution in [3.8, 4) is 0 Å². The van der Waals surface area contributed by atoms with Crippen molar-refractivity contribution in [2.24, 2.45) is 35.5 Å². The van der Waals surface area contributed by atoms with E-state index < -0.39 is 5.97 Å². The number of rotatable bonds is 4. The minimum atomic E-state index is -0.707. The van der Waals surface area contributed by atoms with Gasteiger partial charge >= 0.3 is 5.97 Å². The maximum absolute atomic E-state index is 12.4. The second-order valence-electron chi connectivity index (χ2n) is 7.03. The van der Waals surface area contributed by atoms with E-state index in [4.69, 9.17) is 0 Å². The van der Waals surface area contributed by atoms with Gasteiger partial charge in [0.2, 0.25) is 5.91 Å². The van der Waals surface area contributed by atoms with E-state index in [1.807, 2.05) is 4.90 Å². The fraction of sp³-hybridized carbons (Fsp3) is 0.867. The topological polar surface area (TPSA) is 57.6 Å². The van der Waals surface area contributed by atoms with Gasteiger partial charge in [-0.2, -0.15) is 0 Å². The van der Waals surface area contributed by atoms with Crippen molar-refractivity contribution >= 4 is 11.9 Å². The van der Waals surface area contributed by atoms with Crippen molar-refractivity contribution in [1.29, 1.82) is 0 Å². The minimum absolute atomic E-state index is 0.222. The molecule has 4 atom stereocenters. The number of amides is 1. The van der Waals surface area contributed by atoms with Crippen LogP contribution in [0, 0.1) is 35.5 Å². The molecule has 0 aromatic heterocycles. The summed E-state index contributed by atoms with van der Waals surface area (Å²) in [6.45, 7) is 1.16. The molecule has 19 heavy (non-hydrogen) atoms. The molecule has 4 nitrogen and oxygen atoms in total. The molecule has 3 saturated carbocycles. The second kappa shape index (κ2) is 3.97. The average molecular weight is 263 g/mol. The van der Waals surface area contributed by atoms with Gasteiger partial charge in [0, 0.05) is 19.0 Å². The van der Waals surface area contributed by atoms with Gasteiger partial charge in [0.1, 0.15) is 0 Å². The molecule has 4 heteroatoms. The van der Waals surface area contributed by atoms with Gasteiger partial charge in [-0.3, -0.25) is 9.59 Å². The highest BCUT2D eigenvalue weighted by Crippen LogP contribution is 2.55. The Morgan fingerprint density at radius 3 is 2.11 bits per heavy atom. The third-order valence-electron chi connectivity index (χ3n) is 5.61. The van der Waals surface area contributed by atoms with Gasteiger partial charge in [-0.15, -0.1) is 0 Å². The molecular formula is C15H21NO3. The fourth-order valence-electron chi connectivity index (χ4n) is 4.05. The molecule has 0 bridgehead atoms. The molecule has 1 aliphatic heterocycles. The Kier molecular flexibility index (Phi) is 2.45. The molecule has 4 fully saturated rings. The first kappa shape index (κ1) is 11.7. The van der Waals surface area contributed by atoms with Crippen molar-refractivity contribution in [2.75, 3.05) is 13.1 Å². The summed E-state index contributed by atoms with van der Waals surface area (Å²) in [4.78, 5) is 25.7. The van der Waals surface area contributed by atoms with Crippen LogP contribution in [0.2, 0.25) is 0 Å². The largest absolute Gasteiger partial charge is 0.481 e. The molecule has 104 valence electrons. The Morgan fingerprint density at radius 2 is 1.53 bits per heavy atom. The maximum atomic E-state index is 12.4. The smallest absolute Gasteiger partial charge is 0.308 e. The van der Waals surface area contributed by atoms with Gasteiger partial charge in [0.15, 0.2) is 0 Å². The van der Waals surface area contributed by atoms with E-state index in [1.165, 1.54) is 12.8 Å². The van der Waals surface area contributed by atoms with Gasteiger partial charge in [0.05, 0.1) is 5.92 Å². The SMILES string of the molecule is O=C(O)[C@H]1CN(C(=O)C2CC2C2CC2)C[C@@H]1C1CC1. The van der Waals surface area contributed by atoms with Gasteiger partial charge in [-0.1, -0.05) is 0 Å². The molecule has 2 unspecified atom stereocenters. The molecule has 1 saturated heterocycles. The summed E-state index contributed by atoms with van der Waals surface area (Å²) < 4.78 is 0. The lowest BCUT2D eigenvalue weighted by Crippen LogP contribution is -2.31. The number of carbonyl (C=O) groups excluding carboxylic acids is 1. The molecule has 0 aromatic carbocycles. The van der Waals surface area contributed by atoms with Gasteiger partial charge in [-0.05, 0) is 55.8 Å². The molecule has 3 aliphatic carbocycles. The van der Waals surface area contributed by atoms with Crippen LogP contribution in [-0.4, -0.2) is 35.0 Å². The van der Waals surface area contributed by atoms with E-state index in [-0.39, 0.29) is 23.7 Å². The summed E-state index contributed by atoms with van der Waals surface area (Å²) in [6.07, 6.45) is 5.98. The zero-order valence-electron chi connectivity index (χ0n) is 11.1. The predicted molar refractivity (Wildman–Crippen MR) is 68.2 cm³/mol. The number of carboxylic acid groups (broad SMARTS) is 1. The summed E-state index contributed by atoms with van der Waals surface area (Å²) >= 11 is 0. The number of carboxylic acids is 1. The van der Waals surface area contributed by atoms with Crippen molar-refractivity contribution < 1.29 is 14.7 Å². The van der Waals surface area contributed by atoms with Crippen LogP contribution < -0.4 is 0 Å². The normalized spacial score (nSPS) is 41.4. The number of carbonyl (C=O) groups is 2. The van der Waals surface area contributed by atoms with Crippen LogP contribution in [0.3, 0.4) is 0 Å². The molecule has 0 spiro atoms. The lowest BCUT2D eigenvalue weighted by Gasteiger charge is -2.16. The van der Waals surface area contributed by atoms with Crippen LogP contribution in [0.4, 0.5) is 0 Å². The van der Waals surface area contributed by atoms with E-state index >= 15 is 0 Å². The predicted octanol–water partition coefficient (Wildman–Crippen LogP) is 1.60. The van der Waals surface area contributed by atoms with Crippen molar-refractivity contribution in [2.45, 2.75) is 32.1 Å². The van der Waals surface area contributed by atoms with Gasteiger partial charge in [-0.25, -0.2) is 0 Å². The van der Waals surface area contributed by atoms with Gasteiger partial charge in [0.25, 0.3) is 0 Å². The monoisotopic (exact) mass is 263 g/mol. The summed E-state index contributed by atoms with van der Waals surface area (Å²) in [7, 11) is 0. The lowest BCUT2D eigenvalue weighted by molar-refractivity contribution is -0.142. The van der Waals surface area contributed by atoms with Gasteiger partial charge < -0.3 is 10.0 Å². The van der Waals surface area contributed by atoms with Crippen LogP contribution in [0.1, 0.15) is 32.1 Å². The number of likely N-dealkylation sites (tertiary alicyclic amines) is 1. The van der Waals surface area contributed by atoms with E-state index in [0.29, 0.717) is 24.9 Å². The number of nitrogens with zero attached hydrogens (tertiary/aromatic N) is 1. The lowest BCUT2D eigenvalue weighted by atomic mass is 9.92. The van der Waals surface area contributed by atoms with Crippen LogP contribution in [0.15, 0.2) is 0 Å². The minimum Gasteiger partial charge on any atom is -0.481 e. The highest BCUT2D eigenvalue weighted by atomic mass is 16.4. The Bertz CT molecular complexity index is 427. The van der Waals surface area contributed by atoms with E-state index in [9.17, 15) is 14.7 Å². The third-order valence-corrected chi connectivity index (χ3v) is 5.61. The zero-order chi connectivity index (χ0) is 13.1. The molecule has 4 rings (SSSR count). The Labute approximate surface area is 113 Å². The van der Waals surface area contributed by atoms with E-state index in [0.717, 1.165) is 25.2 Å². The highest BCUT2D eigenvalue weighted by Gasteiger charge is 2.54. The number of aliphatic carboxylic acids is 1. The second-order valence-corrected chi connectivity index (χ2v) is 7.03. The Hall–Kier alpha value is -1.06. The standard InChI is InChI=1S/C15H21NO3/c17-14(11-5-10(11)8-1-2-8)16-6-12(9-3-4-9)13(7-16)15(18)19/h8-13H,1-7H2,(H,18,19)/t10?,11?,12-,13+/m1/s1. The zero-order valence-corrected chi connectivity index (χ0v) is 11.1. The highest BCUT2D eigenvalue weighted by molar-refractivity contribution is 5.83. The molecule has 1 amide bonds. The summed E-state index contributed by atoms with van der Waals surface area (Å²) in [6, 6.07) is 0. The Balaban J connectivity index is 1.41. The van der Waals surface area contributed by atoms with Crippen LogP contribution in [-0.2, 0) is 9.59 Å². The number of hydrogen-bond acceptors (Lipinski definition) is 2. The first-order valence-electron chi connectivity index (χ1n) is 7.66. The average Bonchev–Trinajstić information content (AvgIpc) is 3.22. The van der Waals surface area contributed by atoms with E-state index in [1.54, 1.807) is 0 Å². The van der Waals surface area contributed by atoms with Crippen molar-refractivity contribution in [1.82, 2.24) is 4.90 Å². The molecule has 0 radical (unpaired) electrons. The van der Waals surface area contributed by atoms with Crippen molar-refractivity contribution in [3.63, 3.8) is 0 Å². The third kappa shape index (κ3) is 2.05. The summed E-state index contributed by atoms with van der Waals surface area (Å²) in [5.41, 5.74) is 0. The first-order valence-corrected chi connectivity index (χ1v) is 7.66. The Morgan fingerprint density at radius 1 is 0.895 bits per heavy atom. The molecular weight excluding hydrogens is 242 g/mol. The molecule has 4 aliphatic rings. The van der Waals surface area contributed by atoms with E-state index in [2.05, 4.69) is 0 Å². The summed E-state index contributed by atoms with van der Waals surface area (Å²) in [5.74, 6) is 1.71. The van der Waals surface area contributed by atoms with Crippen LogP contribution >= 0.6 is 0 Å². The van der Waals surface area contributed by atoms with Crippen LogP contribution in [0.5, 0.6) is 0 Å². The number of hydrogen-bond donors (Lipinski definition) is 1. The van der Waals surface area contributed by atoms with Crippen LogP contribution in [0.25, 0.3) is 0 Å². The molecule has 1 N–H and O–H groups in total. The quantitative estimate of drug-likeness (QED) is 0.838. The molecule has 0 aromatic rings. The fourth-order valence-corrected chi connectivity index (χ4v) is 4.05. The summed E-state index contributed by atoms with van der Waals surface area (Å²) in [5, 5.41) is 9.33.